The number of hydrogen-bond acceptors (Lipinski definition) is 2. The Morgan fingerprint density at radius 1 is 0.926 bits per heavy atom. The molecule has 0 aliphatic heterocycles. The molecule has 134 valence electrons. The molecule has 5 heteroatoms. The summed E-state index contributed by atoms with van der Waals surface area (Å²) in [6, 6.07) is 22.4. The Kier molecular flexibility index (Phi) is 4.88. The summed E-state index contributed by atoms with van der Waals surface area (Å²) in [7, 11) is 0. The maximum Gasteiger partial charge on any atom is 0.202 e. The number of hydrogen-bond donors (Lipinski definition) is 1. The Morgan fingerprint density at radius 3 is 2.44 bits per heavy atom. The van der Waals surface area contributed by atoms with Crippen molar-refractivity contribution in [3.8, 4) is 17.0 Å². The lowest BCUT2D eigenvalue weighted by atomic mass is 10.0. The zero-order valence-electron chi connectivity index (χ0n) is 14.2. The summed E-state index contributed by atoms with van der Waals surface area (Å²) in [4.78, 5) is 16.4. The van der Waals surface area contributed by atoms with Crippen LogP contribution >= 0.6 is 23.2 Å². The largest absolute Gasteiger partial charge is 0.484 e. The van der Waals surface area contributed by atoms with Crippen LogP contribution in [0.15, 0.2) is 72.8 Å². The third-order valence-corrected chi connectivity index (χ3v) is 4.83. The average Bonchev–Trinajstić information content (AvgIpc) is 3.07. The number of Topliss-reactive ketones (excluding diaryl/α,β-unsaturated/α-hetero) is 1. The molecule has 0 aliphatic carbocycles. The van der Waals surface area contributed by atoms with E-state index in [0.29, 0.717) is 21.4 Å². The van der Waals surface area contributed by atoms with Crippen LogP contribution in [0.4, 0.5) is 0 Å². The minimum Gasteiger partial charge on any atom is -0.484 e. The highest BCUT2D eigenvalue weighted by molar-refractivity contribution is 6.35. The van der Waals surface area contributed by atoms with Crippen molar-refractivity contribution in [2.24, 2.45) is 0 Å². The average molecular weight is 396 g/mol. The lowest BCUT2D eigenvalue weighted by Gasteiger charge is -2.09. The van der Waals surface area contributed by atoms with Gasteiger partial charge in [0.05, 0.1) is 16.3 Å². The van der Waals surface area contributed by atoms with E-state index in [1.54, 1.807) is 18.2 Å². The molecule has 0 aliphatic rings. The number of para-hydroxylation sites is 1. The van der Waals surface area contributed by atoms with Crippen molar-refractivity contribution >= 4 is 39.9 Å². The van der Waals surface area contributed by atoms with Crippen LogP contribution in [0.5, 0.6) is 5.75 Å². The Bertz CT molecular complexity index is 1120. The molecule has 0 spiro atoms. The van der Waals surface area contributed by atoms with E-state index < -0.39 is 0 Å². The second-order valence-corrected chi connectivity index (χ2v) is 6.92. The van der Waals surface area contributed by atoms with Gasteiger partial charge in [-0.15, -0.1) is 0 Å². The normalized spacial score (nSPS) is 10.9. The maximum absolute atomic E-state index is 13.1. The van der Waals surface area contributed by atoms with E-state index in [2.05, 4.69) is 4.98 Å². The van der Waals surface area contributed by atoms with E-state index in [0.717, 1.165) is 22.2 Å². The Morgan fingerprint density at radius 2 is 1.67 bits per heavy atom. The van der Waals surface area contributed by atoms with E-state index in [1.807, 2.05) is 54.6 Å². The number of nitrogens with one attached hydrogen (secondary N) is 1. The van der Waals surface area contributed by atoms with Crippen molar-refractivity contribution in [1.82, 2.24) is 4.98 Å². The zero-order chi connectivity index (χ0) is 18.8. The van der Waals surface area contributed by atoms with Crippen LogP contribution in [-0.2, 0) is 0 Å². The first-order valence-corrected chi connectivity index (χ1v) is 9.16. The molecule has 0 bridgehead atoms. The number of rotatable bonds is 5. The van der Waals surface area contributed by atoms with Gasteiger partial charge >= 0.3 is 0 Å². The molecule has 0 amide bonds. The van der Waals surface area contributed by atoms with Crippen LogP contribution in [0.3, 0.4) is 0 Å². The van der Waals surface area contributed by atoms with E-state index in [4.69, 9.17) is 27.9 Å². The first-order valence-electron chi connectivity index (χ1n) is 8.40. The fourth-order valence-corrected chi connectivity index (χ4v) is 3.52. The molecular formula is C22H15Cl2NO2. The molecule has 1 heterocycles. The third-order valence-electron chi connectivity index (χ3n) is 4.30. The molecule has 0 radical (unpaired) electrons. The van der Waals surface area contributed by atoms with E-state index in [1.165, 1.54) is 0 Å². The molecule has 0 fully saturated rings. The lowest BCUT2D eigenvalue weighted by Crippen LogP contribution is -2.12. The predicted molar refractivity (Wildman–Crippen MR) is 110 cm³/mol. The van der Waals surface area contributed by atoms with Gasteiger partial charge in [-0.1, -0.05) is 71.7 Å². The van der Waals surface area contributed by atoms with Crippen molar-refractivity contribution in [3.63, 3.8) is 0 Å². The quantitative estimate of drug-likeness (QED) is 0.397. The fraction of sp³-hybridized carbons (Fsp3) is 0.0455. The second kappa shape index (κ2) is 7.47. The maximum atomic E-state index is 13.1. The Labute approximate surface area is 166 Å². The number of carbonyl (C=O) groups is 1. The van der Waals surface area contributed by atoms with Gasteiger partial charge in [-0.05, 0) is 29.8 Å². The first kappa shape index (κ1) is 17.7. The zero-order valence-corrected chi connectivity index (χ0v) is 15.7. The molecule has 3 aromatic carbocycles. The number of carbonyl (C=O) groups excluding carboxylic acids is 1. The van der Waals surface area contributed by atoms with E-state index in [-0.39, 0.29) is 12.4 Å². The lowest BCUT2D eigenvalue weighted by molar-refractivity contribution is 0.0924. The summed E-state index contributed by atoms with van der Waals surface area (Å²) in [5.41, 5.74) is 3.25. The van der Waals surface area contributed by atoms with Gasteiger partial charge in [0, 0.05) is 15.9 Å². The predicted octanol–water partition coefficient (Wildman–Crippen LogP) is 6.40. The van der Waals surface area contributed by atoms with E-state index >= 15 is 0 Å². The monoisotopic (exact) mass is 395 g/mol. The van der Waals surface area contributed by atoms with Crippen molar-refractivity contribution < 1.29 is 9.53 Å². The molecule has 0 atom stereocenters. The van der Waals surface area contributed by atoms with Crippen LogP contribution in [-0.4, -0.2) is 17.4 Å². The molecule has 27 heavy (non-hydrogen) atoms. The third kappa shape index (κ3) is 3.57. The van der Waals surface area contributed by atoms with Crippen LogP contribution in [0.1, 0.15) is 10.4 Å². The molecule has 3 nitrogen and oxygen atoms in total. The van der Waals surface area contributed by atoms with Crippen LogP contribution in [0.25, 0.3) is 22.2 Å². The van der Waals surface area contributed by atoms with Crippen LogP contribution in [0, 0.1) is 0 Å². The molecule has 4 rings (SSSR count). The van der Waals surface area contributed by atoms with Crippen molar-refractivity contribution in [2.75, 3.05) is 6.61 Å². The molecule has 0 saturated carbocycles. The van der Waals surface area contributed by atoms with Gasteiger partial charge in [-0.25, -0.2) is 0 Å². The van der Waals surface area contributed by atoms with Gasteiger partial charge in [0.2, 0.25) is 5.78 Å². The minimum atomic E-state index is -0.127. The minimum absolute atomic E-state index is 0.122. The van der Waals surface area contributed by atoms with Gasteiger partial charge in [0.25, 0.3) is 0 Å². The van der Waals surface area contributed by atoms with Gasteiger partial charge in [0.1, 0.15) is 5.75 Å². The number of halogens is 2. The number of aromatic amines is 1. The number of fused-ring (bicyclic) bond motifs is 1. The highest BCUT2D eigenvalue weighted by atomic mass is 35.5. The highest BCUT2D eigenvalue weighted by Gasteiger charge is 2.20. The summed E-state index contributed by atoms with van der Waals surface area (Å²) < 4.78 is 5.66. The molecule has 1 aromatic heterocycles. The summed E-state index contributed by atoms with van der Waals surface area (Å²) in [5.74, 6) is 0.299. The van der Waals surface area contributed by atoms with Gasteiger partial charge in [-0.3, -0.25) is 4.79 Å². The summed E-state index contributed by atoms with van der Waals surface area (Å²) >= 11 is 12.0. The SMILES string of the molecule is O=C(COc1ccc(Cl)cc1Cl)c1c(-c2ccccc2)[nH]c2ccccc12. The standard InChI is InChI=1S/C22H15Cl2NO2/c23-15-10-11-20(17(24)12-15)27-13-19(26)21-16-8-4-5-9-18(16)25-22(21)14-6-2-1-3-7-14/h1-12,25H,13H2. The number of ether oxygens (including phenoxy) is 1. The molecular weight excluding hydrogens is 381 g/mol. The highest BCUT2D eigenvalue weighted by Crippen LogP contribution is 2.32. The van der Waals surface area contributed by atoms with Crippen LogP contribution < -0.4 is 4.74 Å². The smallest absolute Gasteiger partial charge is 0.202 e. The number of aromatic nitrogens is 1. The molecule has 4 aromatic rings. The van der Waals surface area contributed by atoms with Crippen LogP contribution in [0.2, 0.25) is 10.0 Å². The number of H-pyrrole nitrogens is 1. The topological polar surface area (TPSA) is 42.1 Å². The van der Waals surface area contributed by atoms with Gasteiger partial charge in [0.15, 0.2) is 6.61 Å². The first-order chi connectivity index (χ1) is 13.1. The Balaban J connectivity index is 1.70. The van der Waals surface area contributed by atoms with Gasteiger partial charge in [-0.2, -0.15) is 0 Å². The van der Waals surface area contributed by atoms with Crippen molar-refractivity contribution in [1.29, 1.82) is 0 Å². The number of ketones is 1. The van der Waals surface area contributed by atoms with Crippen molar-refractivity contribution in [3.05, 3.63) is 88.4 Å². The van der Waals surface area contributed by atoms with Gasteiger partial charge < -0.3 is 9.72 Å². The Hall–Kier alpha value is -2.75. The molecule has 0 unspecified atom stereocenters. The molecule has 0 saturated heterocycles. The summed E-state index contributed by atoms with van der Waals surface area (Å²) in [6.07, 6.45) is 0. The number of benzene rings is 3. The second-order valence-electron chi connectivity index (χ2n) is 6.07. The summed E-state index contributed by atoms with van der Waals surface area (Å²) in [5, 5.41) is 1.76. The summed E-state index contributed by atoms with van der Waals surface area (Å²) in [6.45, 7) is -0.122. The van der Waals surface area contributed by atoms with Crippen molar-refractivity contribution in [2.45, 2.75) is 0 Å². The molecule has 1 N–H and O–H groups in total. The van der Waals surface area contributed by atoms with E-state index in [9.17, 15) is 4.79 Å². The fourth-order valence-electron chi connectivity index (χ4n) is 3.06.